The van der Waals surface area contributed by atoms with Crippen molar-refractivity contribution in [3.05, 3.63) is 19.1 Å². The highest BCUT2D eigenvalue weighted by atomic mass is 32.2. The third kappa shape index (κ3) is 1.49. The SMILES string of the molecule is [CH]OS(=O)(=O)c1cn(C)c(C)n1. The molecule has 12 heavy (non-hydrogen) atoms. The van der Waals surface area contributed by atoms with E-state index in [9.17, 15) is 8.42 Å². The Morgan fingerprint density at radius 2 is 2.25 bits per heavy atom. The number of aryl methyl sites for hydroxylation is 2. The van der Waals surface area contributed by atoms with E-state index in [4.69, 9.17) is 0 Å². The maximum atomic E-state index is 10.9. The summed E-state index contributed by atoms with van der Waals surface area (Å²) < 4.78 is 27.2. The monoisotopic (exact) mass is 188 g/mol. The molecule has 0 unspecified atom stereocenters. The molecule has 0 aliphatic heterocycles. The van der Waals surface area contributed by atoms with Crippen molar-refractivity contribution in [2.24, 2.45) is 7.05 Å². The van der Waals surface area contributed by atoms with Crippen molar-refractivity contribution in [1.29, 1.82) is 0 Å². The van der Waals surface area contributed by atoms with Gasteiger partial charge in [0, 0.05) is 13.2 Å². The van der Waals surface area contributed by atoms with Crippen LogP contribution >= 0.6 is 0 Å². The first-order valence-corrected chi connectivity index (χ1v) is 4.51. The van der Waals surface area contributed by atoms with Crippen LogP contribution in [0.25, 0.3) is 0 Å². The number of imidazole rings is 1. The first-order valence-electron chi connectivity index (χ1n) is 3.10. The van der Waals surface area contributed by atoms with Gasteiger partial charge < -0.3 is 4.57 Å². The molecule has 1 heterocycles. The predicted molar refractivity (Wildman–Crippen MR) is 40.5 cm³/mol. The number of hydrogen-bond donors (Lipinski definition) is 0. The largest absolute Gasteiger partial charge is 0.337 e. The molecule has 0 spiro atoms. The number of rotatable bonds is 2. The first kappa shape index (κ1) is 9.21. The van der Waals surface area contributed by atoms with Gasteiger partial charge in [-0.15, -0.1) is 0 Å². The van der Waals surface area contributed by atoms with Gasteiger partial charge in [0.25, 0.3) is 0 Å². The van der Waals surface area contributed by atoms with Gasteiger partial charge in [0.05, 0.1) is 0 Å². The summed E-state index contributed by atoms with van der Waals surface area (Å²) in [5.74, 6) is 0.575. The fourth-order valence-electron chi connectivity index (χ4n) is 0.696. The minimum atomic E-state index is -3.85. The lowest BCUT2D eigenvalue weighted by Gasteiger charge is -1.92. The Balaban J connectivity index is 3.22. The highest BCUT2D eigenvalue weighted by Crippen LogP contribution is 2.09. The molecule has 0 atom stereocenters. The van der Waals surface area contributed by atoms with Gasteiger partial charge >= 0.3 is 10.1 Å². The fourth-order valence-corrected chi connectivity index (χ4v) is 1.33. The molecule has 1 aromatic rings. The summed E-state index contributed by atoms with van der Waals surface area (Å²) in [6.45, 7) is 1.68. The van der Waals surface area contributed by atoms with Crippen LogP contribution in [0.4, 0.5) is 0 Å². The molecular formula is C6H8N2O3S. The van der Waals surface area contributed by atoms with Crippen LogP contribution < -0.4 is 0 Å². The summed E-state index contributed by atoms with van der Waals surface area (Å²) in [4.78, 5) is 3.72. The minimum absolute atomic E-state index is 0.176. The van der Waals surface area contributed by atoms with E-state index >= 15 is 0 Å². The van der Waals surface area contributed by atoms with Gasteiger partial charge in [-0.2, -0.15) is 8.42 Å². The maximum absolute atomic E-state index is 10.9. The lowest BCUT2D eigenvalue weighted by molar-refractivity contribution is 0.435. The van der Waals surface area contributed by atoms with Gasteiger partial charge in [0.1, 0.15) is 12.9 Å². The molecule has 0 saturated carbocycles. The molecule has 0 amide bonds. The molecule has 5 nitrogen and oxygen atoms in total. The average molecular weight is 188 g/mol. The third-order valence-corrected chi connectivity index (χ3v) is 2.43. The highest BCUT2D eigenvalue weighted by molar-refractivity contribution is 7.86. The van der Waals surface area contributed by atoms with Gasteiger partial charge in [-0.3, -0.25) is 4.18 Å². The van der Waals surface area contributed by atoms with Crippen molar-refractivity contribution in [3.8, 4) is 0 Å². The Bertz CT molecular complexity index is 360. The van der Waals surface area contributed by atoms with E-state index in [1.807, 2.05) is 0 Å². The van der Waals surface area contributed by atoms with Crippen molar-refractivity contribution in [2.45, 2.75) is 11.9 Å². The summed E-state index contributed by atoms with van der Waals surface area (Å²) in [7, 11) is 2.38. The normalized spacial score (nSPS) is 11.9. The van der Waals surface area contributed by atoms with Crippen LogP contribution in [0.15, 0.2) is 11.2 Å². The maximum Gasteiger partial charge on any atom is 0.316 e. The van der Waals surface area contributed by atoms with E-state index in [0.29, 0.717) is 5.82 Å². The minimum Gasteiger partial charge on any atom is -0.337 e. The number of hydrogen-bond acceptors (Lipinski definition) is 4. The number of nitrogens with zero attached hydrogens (tertiary/aromatic N) is 2. The zero-order chi connectivity index (χ0) is 9.35. The lowest BCUT2D eigenvalue weighted by Crippen LogP contribution is -2.01. The highest BCUT2D eigenvalue weighted by Gasteiger charge is 2.17. The van der Waals surface area contributed by atoms with E-state index in [1.165, 1.54) is 6.20 Å². The third-order valence-electron chi connectivity index (χ3n) is 1.47. The predicted octanol–water partition coefficient (Wildman–Crippen LogP) is 0.102. The van der Waals surface area contributed by atoms with Crippen LogP contribution in [0.2, 0.25) is 0 Å². The molecule has 0 N–H and O–H groups in total. The molecule has 1 rings (SSSR count). The molecular weight excluding hydrogens is 180 g/mol. The molecule has 0 aliphatic rings. The van der Waals surface area contributed by atoms with Crippen LogP contribution in [-0.2, 0) is 21.3 Å². The Labute approximate surface area is 71.1 Å². The van der Waals surface area contributed by atoms with Crippen LogP contribution in [0.3, 0.4) is 0 Å². The van der Waals surface area contributed by atoms with E-state index in [-0.39, 0.29) is 5.03 Å². The van der Waals surface area contributed by atoms with Crippen LogP contribution in [0.1, 0.15) is 5.82 Å². The quantitative estimate of drug-likeness (QED) is 0.618. The van der Waals surface area contributed by atoms with Crippen LogP contribution in [0.5, 0.6) is 0 Å². The van der Waals surface area contributed by atoms with Crippen molar-refractivity contribution in [1.82, 2.24) is 9.55 Å². The van der Waals surface area contributed by atoms with E-state index in [1.54, 1.807) is 18.5 Å². The van der Waals surface area contributed by atoms with Gasteiger partial charge in [0.2, 0.25) is 5.03 Å². The zero-order valence-corrected chi connectivity index (χ0v) is 7.50. The van der Waals surface area contributed by atoms with E-state index < -0.39 is 10.1 Å². The molecule has 0 saturated heterocycles. The second-order valence-corrected chi connectivity index (χ2v) is 3.81. The fraction of sp³-hybridized carbons (Fsp3) is 0.333. The molecule has 66 valence electrons. The van der Waals surface area contributed by atoms with Crippen molar-refractivity contribution < 1.29 is 12.6 Å². The summed E-state index contributed by atoms with van der Waals surface area (Å²) in [5, 5.41) is -0.176. The summed E-state index contributed by atoms with van der Waals surface area (Å²) in [6, 6.07) is 0. The van der Waals surface area contributed by atoms with Gasteiger partial charge in [-0.1, -0.05) is 0 Å². The van der Waals surface area contributed by atoms with Crippen molar-refractivity contribution in [3.63, 3.8) is 0 Å². The second kappa shape index (κ2) is 2.87. The summed E-state index contributed by atoms with van der Waals surface area (Å²) >= 11 is 0. The second-order valence-electron chi connectivity index (χ2n) is 2.29. The first-order chi connectivity index (χ1) is 5.47. The van der Waals surface area contributed by atoms with Gasteiger partial charge in [-0.25, -0.2) is 4.98 Å². The Kier molecular flexibility index (Phi) is 2.20. The molecule has 0 bridgehead atoms. The molecule has 0 fully saturated rings. The molecule has 6 heteroatoms. The van der Waals surface area contributed by atoms with E-state index in [2.05, 4.69) is 16.3 Å². The number of aromatic nitrogens is 2. The molecule has 1 aromatic heterocycles. The van der Waals surface area contributed by atoms with E-state index in [0.717, 1.165) is 0 Å². The Hall–Kier alpha value is -0.880. The van der Waals surface area contributed by atoms with Crippen LogP contribution in [-0.4, -0.2) is 18.0 Å². The Morgan fingerprint density at radius 1 is 1.67 bits per heavy atom. The van der Waals surface area contributed by atoms with Crippen LogP contribution in [0, 0.1) is 14.0 Å². The smallest absolute Gasteiger partial charge is 0.316 e. The van der Waals surface area contributed by atoms with Crippen molar-refractivity contribution >= 4 is 10.1 Å². The molecule has 0 aliphatic carbocycles. The molecule has 0 aromatic carbocycles. The lowest BCUT2D eigenvalue weighted by atomic mass is 10.7. The topological polar surface area (TPSA) is 61.2 Å². The Morgan fingerprint density at radius 3 is 2.58 bits per heavy atom. The molecule has 2 radical (unpaired) electrons. The van der Waals surface area contributed by atoms with Gasteiger partial charge in [-0.05, 0) is 6.92 Å². The zero-order valence-electron chi connectivity index (χ0n) is 6.68. The summed E-state index contributed by atoms with van der Waals surface area (Å²) in [6.07, 6.45) is 1.33. The summed E-state index contributed by atoms with van der Waals surface area (Å²) in [5.41, 5.74) is 0. The van der Waals surface area contributed by atoms with Crippen molar-refractivity contribution in [2.75, 3.05) is 0 Å². The average Bonchev–Trinajstić information content (AvgIpc) is 2.33. The van der Waals surface area contributed by atoms with Gasteiger partial charge in [0.15, 0.2) is 0 Å². The standard InChI is InChI=1S/C6H8N2O3S/c1-5-7-6(4-8(5)2)12(9,10)11-3/h3-4H,1-2H3.